The molecule has 8 nitrogen and oxygen atoms in total. The Labute approximate surface area is 163 Å². The lowest BCUT2D eigenvalue weighted by Crippen LogP contribution is -2.24. The lowest BCUT2D eigenvalue weighted by molar-refractivity contribution is 0.414. The third kappa shape index (κ3) is 3.55. The van der Waals surface area contributed by atoms with Crippen molar-refractivity contribution in [1.29, 1.82) is 0 Å². The molecule has 1 fully saturated rings. The van der Waals surface area contributed by atoms with Crippen LogP contribution in [0, 0.1) is 13.8 Å². The van der Waals surface area contributed by atoms with Crippen molar-refractivity contribution in [2.24, 2.45) is 0 Å². The molecule has 0 bridgehead atoms. The van der Waals surface area contributed by atoms with Gasteiger partial charge in [-0.2, -0.15) is 4.98 Å². The molecule has 1 aliphatic rings. The van der Waals surface area contributed by atoms with Crippen molar-refractivity contribution in [3.05, 3.63) is 47.0 Å². The summed E-state index contributed by atoms with van der Waals surface area (Å²) in [5, 5.41) is 4.01. The van der Waals surface area contributed by atoms with Crippen LogP contribution in [0.5, 0.6) is 5.75 Å². The summed E-state index contributed by atoms with van der Waals surface area (Å²) in [6.45, 7) is 3.65. The van der Waals surface area contributed by atoms with Gasteiger partial charge in [-0.1, -0.05) is 17.3 Å². The van der Waals surface area contributed by atoms with Crippen molar-refractivity contribution in [3.63, 3.8) is 0 Å². The van der Waals surface area contributed by atoms with Gasteiger partial charge in [-0.05, 0) is 44.4 Å². The third-order valence-corrected chi connectivity index (χ3v) is 6.36. The number of nitrogens with one attached hydrogen (secondary N) is 2. The molecular formula is C19H22N4O4S. The normalized spacial score (nSPS) is 14.4. The zero-order valence-electron chi connectivity index (χ0n) is 15.9. The summed E-state index contributed by atoms with van der Waals surface area (Å²) >= 11 is 0. The quantitative estimate of drug-likeness (QED) is 0.628. The molecule has 1 saturated carbocycles. The van der Waals surface area contributed by atoms with Crippen LogP contribution in [0.4, 0.5) is 0 Å². The molecule has 2 N–H and O–H groups in total. The molecule has 0 amide bonds. The van der Waals surface area contributed by atoms with Crippen LogP contribution in [0.2, 0.25) is 0 Å². The van der Waals surface area contributed by atoms with Crippen LogP contribution in [0.1, 0.15) is 41.5 Å². The summed E-state index contributed by atoms with van der Waals surface area (Å²) in [6.07, 6.45) is 2.08. The van der Waals surface area contributed by atoms with Gasteiger partial charge in [0.1, 0.15) is 10.6 Å². The molecule has 2 heterocycles. The van der Waals surface area contributed by atoms with Crippen LogP contribution >= 0.6 is 0 Å². The Hall–Kier alpha value is -2.65. The average molecular weight is 402 g/mol. The number of ether oxygens (including phenoxy) is 1. The number of hydrogen-bond donors (Lipinski definition) is 2. The average Bonchev–Trinajstić information content (AvgIpc) is 3.32. The van der Waals surface area contributed by atoms with Gasteiger partial charge >= 0.3 is 0 Å². The summed E-state index contributed by atoms with van der Waals surface area (Å²) in [4.78, 5) is 7.65. The lowest BCUT2D eigenvalue weighted by atomic mass is 10.2. The van der Waals surface area contributed by atoms with E-state index in [0.717, 1.165) is 18.4 Å². The molecule has 0 saturated heterocycles. The largest absolute Gasteiger partial charge is 0.497 e. The van der Waals surface area contributed by atoms with Crippen LogP contribution in [0.15, 0.2) is 33.7 Å². The van der Waals surface area contributed by atoms with E-state index in [4.69, 9.17) is 9.26 Å². The number of hydrogen-bond acceptors (Lipinski definition) is 6. The molecule has 0 spiro atoms. The first-order valence-electron chi connectivity index (χ1n) is 9.05. The van der Waals surface area contributed by atoms with Gasteiger partial charge in [-0.25, -0.2) is 13.1 Å². The Morgan fingerprint density at radius 1 is 1.29 bits per heavy atom. The minimum absolute atomic E-state index is 0.138. The fraction of sp³-hybridized carbons (Fsp3) is 0.368. The second kappa shape index (κ2) is 7.06. The van der Waals surface area contributed by atoms with Crippen LogP contribution in [-0.4, -0.2) is 30.7 Å². The van der Waals surface area contributed by atoms with Crippen LogP contribution < -0.4 is 9.46 Å². The first kappa shape index (κ1) is 18.7. The maximum Gasteiger partial charge on any atom is 0.261 e. The molecule has 28 heavy (non-hydrogen) atoms. The number of rotatable bonds is 7. The van der Waals surface area contributed by atoms with E-state index < -0.39 is 10.0 Å². The zero-order valence-corrected chi connectivity index (χ0v) is 16.8. The predicted octanol–water partition coefficient (Wildman–Crippen LogP) is 3.05. The van der Waals surface area contributed by atoms with Crippen molar-refractivity contribution in [2.45, 2.75) is 44.0 Å². The van der Waals surface area contributed by atoms with Gasteiger partial charge in [0.15, 0.2) is 5.82 Å². The number of methoxy groups -OCH3 is 1. The standard InChI is InChI=1S/C19H22N4O4S/c1-11-16(19-22-18(23-27-19)14-7-8-14)17(12(2)21-11)28(24,25)20-10-13-5-4-6-15(9-13)26-3/h4-6,9,14,20-21H,7-8,10H2,1-3H3. The second-order valence-corrected chi connectivity index (χ2v) is 8.69. The number of H-pyrrole nitrogens is 1. The molecule has 3 aromatic rings. The summed E-state index contributed by atoms with van der Waals surface area (Å²) in [5.41, 5.74) is 2.42. The molecule has 1 aromatic carbocycles. The van der Waals surface area contributed by atoms with E-state index in [1.807, 2.05) is 18.2 Å². The van der Waals surface area contributed by atoms with Crippen molar-refractivity contribution in [3.8, 4) is 17.2 Å². The van der Waals surface area contributed by atoms with Crippen molar-refractivity contribution >= 4 is 10.0 Å². The molecule has 1 aliphatic carbocycles. The van der Waals surface area contributed by atoms with Crippen LogP contribution in [-0.2, 0) is 16.6 Å². The number of aromatic nitrogens is 3. The van der Waals surface area contributed by atoms with Crippen molar-refractivity contribution in [1.82, 2.24) is 19.8 Å². The van der Waals surface area contributed by atoms with E-state index in [1.165, 1.54) is 0 Å². The topological polar surface area (TPSA) is 110 Å². The highest BCUT2D eigenvalue weighted by Crippen LogP contribution is 2.40. The maximum atomic E-state index is 13.1. The Bertz CT molecular complexity index is 1110. The number of sulfonamides is 1. The number of aryl methyl sites for hydroxylation is 2. The Morgan fingerprint density at radius 2 is 2.07 bits per heavy atom. The number of aromatic amines is 1. The first-order valence-corrected chi connectivity index (χ1v) is 10.5. The summed E-state index contributed by atoms with van der Waals surface area (Å²) in [7, 11) is -2.24. The Kier molecular flexibility index (Phi) is 4.72. The number of nitrogens with zero attached hydrogens (tertiary/aromatic N) is 2. The fourth-order valence-electron chi connectivity index (χ4n) is 3.23. The lowest BCUT2D eigenvalue weighted by Gasteiger charge is -2.09. The predicted molar refractivity (Wildman–Crippen MR) is 103 cm³/mol. The highest BCUT2D eigenvalue weighted by Gasteiger charge is 2.32. The summed E-state index contributed by atoms with van der Waals surface area (Å²) in [6, 6.07) is 7.25. The van der Waals surface area contributed by atoms with Gasteiger partial charge in [0.2, 0.25) is 10.0 Å². The second-order valence-electron chi connectivity index (χ2n) is 6.99. The van der Waals surface area contributed by atoms with Gasteiger partial charge in [0, 0.05) is 23.9 Å². The van der Waals surface area contributed by atoms with E-state index in [9.17, 15) is 8.42 Å². The molecule has 148 valence electrons. The van der Waals surface area contributed by atoms with E-state index in [-0.39, 0.29) is 17.3 Å². The first-order chi connectivity index (χ1) is 13.4. The van der Waals surface area contributed by atoms with Gasteiger partial charge in [-0.15, -0.1) is 0 Å². The minimum atomic E-state index is -3.81. The maximum absolute atomic E-state index is 13.1. The van der Waals surface area contributed by atoms with E-state index in [0.29, 0.717) is 34.4 Å². The molecule has 2 aromatic heterocycles. The summed E-state index contributed by atoms with van der Waals surface area (Å²) < 4.78 is 39.4. The number of benzene rings is 1. The zero-order chi connectivity index (χ0) is 19.9. The summed E-state index contributed by atoms with van der Waals surface area (Å²) in [5.74, 6) is 1.86. The molecule has 0 unspecified atom stereocenters. The van der Waals surface area contributed by atoms with Crippen LogP contribution in [0.25, 0.3) is 11.5 Å². The van der Waals surface area contributed by atoms with Gasteiger partial charge < -0.3 is 14.2 Å². The molecule has 0 atom stereocenters. The fourth-order valence-corrected chi connectivity index (χ4v) is 4.69. The van der Waals surface area contributed by atoms with Crippen molar-refractivity contribution < 1.29 is 17.7 Å². The van der Waals surface area contributed by atoms with E-state index in [2.05, 4.69) is 19.8 Å². The van der Waals surface area contributed by atoms with Crippen molar-refractivity contribution in [2.75, 3.05) is 7.11 Å². The molecule has 9 heteroatoms. The third-order valence-electron chi connectivity index (χ3n) is 4.78. The van der Waals surface area contributed by atoms with Crippen LogP contribution in [0.3, 0.4) is 0 Å². The van der Waals surface area contributed by atoms with E-state index in [1.54, 1.807) is 27.0 Å². The SMILES string of the molecule is COc1cccc(CNS(=O)(=O)c2c(C)[nH]c(C)c2-c2nc(C3CC3)no2)c1. The van der Waals surface area contributed by atoms with Gasteiger partial charge in [0.05, 0.1) is 12.7 Å². The monoisotopic (exact) mass is 402 g/mol. The van der Waals surface area contributed by atoms with Gasteiger partial charge in [0.25, 0.3) is 5.89 Å². The molecular weight excluding hydrogens is 380 g/mol. The van der Waals surface area contributed by atoms with Gasteiger partial charge in [-0.3, -0.25) is 0 Å². The Balaban J connectivity index is 1.65. The minimum Gasteiger partial charge on any atom is -0.497 e. The molecule has 0 radical (unpaired) electrons. The Morgan fingerprint density at radius 3 is 2.79 bits per heavy atom. The molecule has 4 rings (SSSR count). The molecule has 0 aliphatic heterocycles. The smallest absolute Gasteiger partial charge is 0.261 e. The highest BCUT2D eigenvalue weighted by molar-refractivity contribution is 7.89. The highest BCUT2D eigenvalue weighted by atomic mass is 32.2. The van der Waals surface area contributed by atoms with E-state index >= 15 is 0 Å².